The van der Waals surface area contributed by atoms with Crippen LogP contribution in [0.2, 0.25) is 5.02 Å². The highest BCUT2D eigenvalue weighted by Crippen LogP contribution is 2.19. The minimum absolute atomic E-state index is 0.0743. The predicted octanol–water partition coefficient (Wildman–Crippen LogP) is 5.74. The summed E-state index contributed by atoms with van der Waals surface area (Å²) < 4.78 is 0. The fourth-order valence-corrected chi connectivity index (χ4v) is 3.30. The Morgan fingerprint density at radius 3 is 2.38 bits per heavy atom. The van der Waals surface area contributed by atoms with Crippen LogP contribution >= 0.6 is 23.8 Å². The molecule has 0 atom stereocenters. The molecular formula is C25H22ClN3O2S. The van der Waals surface area contributed by atoms with E-state index < -0.39 is 5.91 Å². The Balaban J connectivity index is 1.65. The highest BCUT2D eigenvalue weighted by molar-refractivity contribution is 7.80. The zero-order valence-corrected chi connectivity index (χ0v) is 19.2. The van der Waals surface area contributed by atoms with E-state index in [9.17, 15) is 9.59 Å². The zero-order valence-electron chi connectivity index (χ0n) is 17.6. The van der Waals surface area contributed by atoms with Crippen molar-refractivity contribution >= 4 is 58.2 Å². The van der Waals surface area contributed by atoms with Crippen LogP contribution < -0.4 is 16.0 Å². The average Bonchev–Trinajstić information content (AvgIpc) is 2.76. The third-order valence-electron chi connectivity index (χ3n) is 4.74. The van der Waals surface area contributed by atoms with Gasteiger partial charge in [0.25, 0.3) is 5.91 Å². The molecule has 0 saturated heterocycles. The molecule has 0 aliphatic heterocycles. The van der Waals surface area contributed by atoms with Gasteiger partial charge in [-0.3, -0.25) is 14.9 Å². The summed E-state index contributed by atoms with van der Waals surface area (Å²) in [6.07, 6.45) is 2.94. The average molecular weight is 464 g/mol. The SMILES string of the molecule is Cc1ccc(NC(=O)c2ccccc2NC(=S)NC(=O)C=Cc2ccccc2Cl)cc1C. The van der Waals surface area contributed by atoms with Crippen LogP contribution in [0.3, 0.4) is 0 Å². The molecule has 0 saturated carbocycles. The Hall–Kier alpha value is -3.48. The van der Waals surface area contributed by atoms with Gasteiger partial charge in [0.15, 0.2) is 5.11 Å². The minimum Gasteiger partial charge on any atom is -0.332 e. The van der Waals surface area contributed by atoms with Gasteiger partial charge >= 0.3 is 0 Å². The fourth-order valence-electron chi connectivity index (χ4n) is 2.89. The van der Waals surface area contributed by atoms with E-state index in [1.165, 1.54) is 6.08 Å². The number of amides is 2. The van der Waals surface area contributed by atoms with Crippen molar-refractivity contribution in [3.05, 3.63) is 100 Å². The zero-order chi connectivity index (χ0) is 23.1. The normalized spacial score (nSPS) is 10.6. The topological polar surface area (TPSA) is 70.2 Å². The van der Waals surface area contributed by atoms with Crippen molar-refractivity contribution in [1.29, 1.82) is 0 Å². The van der Waals surface area contributed by atoms with Crippen LogP contribution in [0, 0.1) is 13.8 Å². The van der Waals surface area contributed by atoms with Crippen molar-refractivity contribution < 1.29 is 9.59 Å². The van der Waals surface area contributed by atoms with Gasteiger partial charge < -0.3 is 10.6 Å². The quantitative estimate of drug-likeness (QED) is 0.333. The van der Waals surface area contributed by atoms with Crippen molar-refractivity contribution in [1.82, 2.24) is 5.32 Å². The summed E-state index contributed by atoms with van der Waals surface area (Å²) in [6.45, 7) is 4.00. The molecule has 3 aromatic rings. The van der Waals surface area contributed by atoms with E-state index in [1.807, 2.05) is 44.2 Å². The second-order valence-corrected chi connectivity index (χ2v) is 7.91. The lowest BCUT2D eigenvalue weighted by Gasteiger charge is -2.13. The van der Waals surface area contributed by atoms with Gasteiger partial charge in [0.1, 0.15) is 0 Å². The van der Waals surface area contributed by atoms with Crippen molar-refractivity contribution in [3.8, 4) is 0 Å². The Bertz CT molecular complexity index is 1210. The monoisotopic (exact) mass is 463 g/mol. The molecule has 162 valence electrons. The predicted molar refractivity (Wildman–Crippen MR) is 135 cm³/mol. The van der Waals surface area contributed by atoms with Crippen LogP contribution in [0.5, 0.6) is 0 Å². The first-order chi connectivity index (χ1) is 15.3. The maximum atomic E-state index is 12.8. The summed E-state index contributed by atoms with van der Waals surface area (Å²) in [5.41, 5.74) is 4.53. The van der Waals surface area contributed by atoms with E-state index in [0.717, 1.165) is 16.7 Å². The maximum absolute atomic E-state index is 12.8. The van der Waals surface area contributed by atoms with Crippen molar-refractivity contribution in [3.63, 3.8) is 0 Å². The molecule has 3 aromatic carbocycles. The lowest BCUT2D eigenvalue weighted by atomic mass is 10.1. The number of hydrogen-bond donors (Lipinski definition) is 3. The summed E-state index contributed by atoms with van der Waals surface area (Å²) in [4.78, 5) is 25.0. The second kappa shape index (κ2) is 10.7. The first-order valence-corrected chi connectivity index (χ1v) is 10.6. The first kappa shape index (κ1) is 23.2. The number of benzene rings is 3. The van der Waals surface area contributed by atoms with E-state index >= 15 is 0 Å². The van der Waals surface area contributed by atoms with Crippen LogP contribution in [0.4, 0.5) is 11.4 Å². The Morgan fingerprint density at radius 2 is 1.62 bits per heavy atom. The highest BCUT2D eigenvalue weighted by atomic mass is 35.5. The van der Waals surface area contributed by atoms with Crippen molar-refractivity contribution in [2.24, 2.45) is 0 Å². The molecule has 7 heteroatoms. The molecule has 0 heterocycles. The number of anilines is 2. The molecule has 0 spiro atoms. The molecule has 0 aromatic heterocycles. The molecular weight excluding hydrogens is 442 g/mol. The summed E-state index contributed by atoms with van der Waals surface area (Å²) >= 11 is 11.3. The van der Waals surface area contributed by atoms with Crippen LogP contribution in [-0.2, 0) is 4.79 Å². The van der Waals surface area contributed by atoms with E-state index in [0.29, 0.717) is 22.0 Å². The largest absolute Gasteiger partial charge is 0.332 e. The number of thiocarbonyl (C=S) groups is 1. The third kappa shape index (κ3) is 6.26. The Kier molecular flexibility index (Phi) is 7.76. The second-order valence-electron chi connectivity index (χ2n) is 7.10. The first-order valence-electron chi connectivity index (χ1n) is 9.85. The number of aryl methyl sites for hydroxylation is 2. The number of hydrogen-bond acceptors (Lipinski definition) is 3. The number of carbonyl (C=O) groups is 2. The Morgan fingerprint density at radius 1 is 0.906 bits per heavy atom. The van der Waals surface area contributed by atoms with E-state index in [1.54, 1.807) is 42.5 Å². The fraction of sp³-hybridized carbons (Fsp3) is 0.0800. The summed E-state index contributed by atoms with van der Waals surface area (Å²) in [7, 11) is 0. The number of carbonyl (C=O) groups excluding carboxylic acids is 2. The Labute approximate surface area is 197 Å². The lowest BCUT2D eigenvalue weighted by Crippen LogP contribution is -2.33. The molecule has 0 unspecified atom stereocenters. The van der Waals surface area contributed by atoms with Gasteiger partial charge in [0.05, 0.1) is 11.3 Å². The molecule has 0 radical (unpaired) electrons. The molecule has 0 aliphatic rings. The number of halogens is 1. The van der Waals surface area contributed by atoms with Gasteiger partial charge in [-0.05, 0) is 79.2 Å². The van der Waals surface area contributed by atoms with Gasteiger partial charge in [-0.2, -0.15) is 0 Å². The molecule has 0 fully saturated rings. The van der Waals surface area contributed by atoms with Gasteiger partial charge in [0.2, 0.25) is 5.91 Å². The molecule has 5 nitrogen and oxygen atoms in total. The standard InChI is InChI=1S/C25H22ClN3O2S/c1-16-11-13-19(15-17(16)2)27-24(31)20-8-4-6-10-22(20)28-25(32)29-23(30)14-12-18-7-3-5-9-21(18)26/h3-15H,1-2H3,(H,27,31)(H2,28,29,30,32). The lowest BCUT2D eigenvalue weighted by molar-refractivity contribution is -0.115. The molecule has 3 rings (SSSR count). The van der Waals surface area contributed by atoms with Gasteiger partial charge in [-0.25, -0.2) is 0 Å². The van der Waals surface area contributed by atoms with E-state index in [-0.39, 0.29) is 11.0 Å². The summed E-state index contributed by atoms with van der Waals surface area (Å²) in [5.74, 6) is -0.705. The minimum atomic E-state index is -0.417. The maximum Gasteiger partial charge on any atom is 0.257 e. The number of rotatable bonds is 5. The highest BCUT2D eigenvalue weighted by Gasteiger charge is 2.13. The smallest absolute Gasteiger partial charge is 0.257 e. The van der Waals surface area contributed by atoms with Gasteiger partial charge in [0, 0.05) is 16.8 Å². The van der Waals surface area contributed by atoms with E-state index in [2.05, 4.69) is 16.0 Å². The van der Waals surface area contributed by atoms with Crippen LogP contribution in [0.1, 0.15) is 27.0 Å². The molecule has 32 heavy (non-hydrogen) atoms. The molecule has 0 bridgehead atoms. The van der Waals surface area contributed by atoms with Crippen LogP contribution in [-0.4, -0.2) is 16.9 Å². The third-order valence-corrected chi connectivity index (χ3v) is 5.29. The van der Waals surface area contributed by atoms with Gasteiger partial charge in [-0.1, -0.05) is 48.0 Å². The molecule has 0 aliphatic carbocycles. The summed E-state index contributed by atoms with van der Waals surface area (Å²) in [5, 5.41) is 8.99. The van der Waals surface area contributed by atoms with Crippen molar-refractivity contribution in [2.75, 3.05) is 10.6 Å². The van der Waals surface area contributed by atoms with Gasteiger partial charge in [-0.15, -0.1) is 0 Å². The summed E-state index contributed by atoms with van der Waals surface area (Å²) in [6, 6.07) is 19.8. The molecule has 2 amide bonds. The van der Waals surface area contributed by atoms with Crippen LogP contribution in [0.15, 0.2) is 72.8 Å². The van der Waals surface area contributed by atoms with Crippen LogP contribution in [0.25, 0.3) is 6.08 Å². The van der Waals surface area contributed by atoms with Crippen molar-refractivity contribution in [2.45, 2.75) is 13.8 Å². The molecule has 3 N–H and O–H groups in total. The van der Waals surface area contributed by atoms with E-state index in [4.69, 9.17) is 23.8 Å². The number of nitrogens with one attached hydrogen (secondary N) is 3. The number of para-hydroxylation sites is 1.